The maximum Gasteiger partial charge on any atom is 0.341 e. The van der Waals surface area contributed by atoms with Crippen molar-refractivity contribution in [3.63, 3.8) is 0 Å². The number of hydrogen-bond donors (Lipinski definition) is 2. The topological polar surface area (TPSA) is 87.7 Å². The molecule has 3 aromatic rings. The molecule has 3 unspecified atom stereocenters. The molecular weight excluding hydrogens is 623 g/mol. The number of hydrogen-bond acceptors (Lipinski definition) is 7. The maximum atomic E-state index is 13.7. The van der Waals surface area contributed by atoms with Crippen LogP contribution in [0.15, 0.2) is 82.6 Å². The number of thioether (sulfide) groups is 2. The molecule has 1 aromatic heterocycles. The molecule has 0 saturated carbocycles. The average Bonchev–Trinajstić information content (AvgIpc) is 3.35. The van der Waals surface area contributed by atoms with Crippen LogP contribution >= 0.6 is 34.9 Å². The summed E-state index contributed by atoms with van der Waals surface area (Å²) in [6.07, 6.45) is 14.4. The Balaban J connectivity index is 1.15. The van der Waals surface area contributed by atoms with Crippen LogP contribution in [0.4, 0.5) is 21.2 Å². The molecule has 0 fully saturated rings. The molecule has 2 aliphatic carbocycles. The first-order valence-electron chi connectivity index (χ1n) is 15.5. The molecule has 1 aliphatic heterocycles. The summed E-state index contributed by atoms with van der Waals surface area (Å²) in [5, 5.41) is 6.44. The Labute approximate surface area is 276 Å². The van der Waals surface area contributed by atoms with Gasteiger partial charge in [0.1, 0.15) is 5.00 Å². The molecule has 0 saturated heterocycles. The zero-order valence-electron chi connectivity index (χ0n) is 25.4. The van der Waals surface area contributed by atoms with Gasteiger partial charge in [0.25, 0.3) is 0 Å². The molecule has 2 N–H and O–H groups in total. The zero-order chi connectivity index (χ0) is 31.3. The largest absolute Gasteiger partial charge is 0.462 e. The van der Waals surface area contributed by atoms with Crippen molar-refractivity contribution in [1.82, 2.24) is 0 Å². The lowest BCUT2D eigenvalue weighted by Crippen LogP contribution is -2.49. The number of anilines is 3. The van der Waals surface area contributed by atoms with E-state index in [0.29, 0.717) is 16.3 Å². The predicted octanol–water partition coefficient (Wildman–Crippen LogP) is 8.71. The van der Waals surface area contributed by atoms with Gasteiger partial charge in [0.15, 0.2) is 0 Å². The number of nitrogens with one attached hydrogen (secondary N) is 2. The molecule has 0 radical (unpaired) electrons. The van der Waals surface area contributed by atoms with E-state index in [1.54, 1.807) is 18.7 Å². The predicted molar refractivity (Wildman–Crippen MR) is 186 cm³/mol. The summed E-state index contributed by atoms with van der Waals surface area (Å²) in [5.74, 6) is -0.546. The molecular formula is C35H37N3O4S3. The van der Waals surface area contributed by atoms with Gasteiger partial charge in [-0.05, 0) is 75.4 Å². The molecule has 2 heterocycles. The Bertz CT molecular complexity index is 1650. The summed E-state index contributed by atoms with van der Waals surface area (Å²) >= 11 is 4.69. The van der Waals surface area contributed by atoms with Crippen LogP contribution in [0.3, 0.4) is 0 Å². The number of thiophene rings is 1. The van der Waals surface area contributed by atoms with Gasteiger partial charge in [0.05, 0.1) is 34.4 Å². The minimum Gasteiger partial charge on any atom is -0.462 e. The monoisotopic (exact) mass is 659 g/mol. The Morgan fingerprint density at radius 1 is 1.00 bits per heavy atom. The van der Waals surface area contributed by atoms with Crippen LogP contribution in [-0.4, -0.2) is 41.1 Å². The van der Waals surface area contributed by atoms with Crippen molar-refractivity contribution < 1.29 is 19.1 Å². The summed E-state index contributed by atoms with van der Waals surface area (Å²) in [5.41, 5.74) is 3.11. The van der Waals surface area contributed by atoms with Gasteiger partial charge in [-0.25, -0.2) is 9.59 Å². The molecule has 6 rings (SSSR count). The number of allylic oxidation sites excluding steroid dienone is 2. The Morgan fingerprint density at radius 2 is 1.80 bits per heavy atom. The minimum atomic E-state index is -0.443. The molecule has 3 aliphatic rings. The highest BCUT2D eigenvalue weighted by molar-refractivity contribution is 8.00. The second-order valence-electron chi connectivity index (χ2n) is 11.2. The summed E-state index contributed by atoms with van der Waals surface area (Å²) in [6, 6.07) is 15.3. The Hall–Kier alpha value is -3.47. The summed E-state index contributed by atoms with van der Waals surface area (Å²) < 4.78 is 5.41. The highest BCUT2D eigenvalue weighted by Gasteiger charge is 2.36. The van der Waals surface area contributed by atoms with E-state index in [2.05, 4.69) is 28.9 Å². The SMILES string of the molecule is CCOC(=O)c1c(NC(=O)C(C)Sc2cccc(NC(=O)N3c4ccccc4SC4C=CC=CC43)c2)sc2c1CCCCCC2. The molecule has 3 atom stereocenters. The Morgan fingerprint density at radius 3 is 2.64 bits per heavy atom. The molecule has 0 bridgehead atoms. The van der Waals surface area contributed by atoms with E-state index < -0.39 is 5.25 Å². The van der Waals surface area contributed by atoms with Crippen LogP contribution in [0.1, 0.15) is 60.3 Å². The fourth-order valence-corrected chi connectivity index (χ4v) is 9.42. The van der Waals surface area contributed by atoms with Crippen molar-refractivity contribution in [2.45, 2.75) is 78.7 Å². The van der Waals surface area contributed by atoms with E-state index in [9.17, 15) is 14.4 Å². The van der Waals surface area contributed by atoms with Gasteiger partial charge in [-0.3, -0.25) is 9.69 Å². The lowest BCUT2D eigenvalue weighted by molar-refractivity contribution is -0.115. The number of para-hydroxylation sites is 1. The molecule has 0 spiro atoms. The number of esters is 1. The van der Waals surface area contributed by atoms with Crippen molar-refractivity contribution in [1.29, 1.82) is 0 Å². The third kappa shape index (κ3) is 7.03. The number of rotatable bonds is 7. The number of nitrogens with zero attached hydrogens (tertiary/aromatic N) is 1. The van der Waals surface area contributed by atoms with Crippen molar-refractivity contribution in [3.8, 4) is 0 Å². The van der Waals surface area contributed by atoms with Crippen LogP contribution < -0.4 is 15.5 Å². The van der Waals surface area contributed by atoms with Crippen LogP contribution in [-0.2, 0) is 22.4 Å². The smallest absolute Gasteiger partial charge is 0.341 e. The number of benzene rings is 2. The van der Waals surface area contributed by atoms with Crippen LogP contribution in [0, 0.1) is 0 Å². The van der Waals surface area contributed by atoms with Gasteiger partial charge in [-0.15, -0.1) is 34.9 Å². The standard InChI is InChI=1S/C35H37N3O4S3/c1-3-42-34(40)31-25-15-6-4-5-7-18-28(25)45-33(31)37-32(39)22(2)43-24-14-12-13-23(21-24)36-35(41)38-26-16-8-10-19-29(26)44-30-20-11-9-17-27(30)38/h8-14,16-17,19-22,26,29H,3-7,15,18H2,1-2H3,(H,36,41)(H,37,39). The number of aryl methyl sites for hydroxylation is 1. The first-order chi connectivity index (χ1) is 21.9. The minimum absolute atomic E-state index is 0.0904. The van der Waals surface area contributed by atoms with E-state index in [0.717, 1.165) is 53.1 Å². The van der Waals surface area contributed by atoms with Crippen molar-refractivity contribution in [3.05, 3.63) is 88.8 Å². The van der Waals surface area contributed by atoms with Gasteiger partial charge in [-0.1, -0.05) is 55.3 Å². The maximum absolute atomic E-state index is 13.7. The van der Waals surface area contributed by atoms with E-state index in [4.69, 9.17) is 4.74 Å². The molecule has 45 heavy (non-hydrogen) atoms. The number of carbonyl (C=O) groups is 3. The van der Waals surface area contributed by atoms with E-state index in [1.807, 2.05) is 66.4 Å². The lowest BCUT2D eigenvalue weighted by atomic mass is 9.96. The molecule has 7 nitrogen and oxygen atoms in total. The molecule has 3 amide bonds. The summed E-state index contributed by atoms with van der Waals surface area (Å²) in [4.78, 5) is 45.1. The molecule has 10 heteroatoms. The average molecular weight is 660 g/mol. The lowest BCUT2D eigenvalue weighted by Gasteiger charge is -2.40. The number of urea groups is 1. The van der Waals surface area contributed by atoms with Gasteiger partial charge >= 0.3 is 12.0 Å². The number of ether oxygens (including phenoxy) is 1. The van der Waals surface area contributed by atoms with E-state index in [-0.39, 0.29) is 35.8 Å². The highest BCUT2D eigenvalue weighted by atomic mass is 32.2. The summed E-state index contributed by atoms with van der Waals surface area (Å²) in [6.45, 7) is 3.94. The van der Waals surface area contributed by atoms with Crippen LogP contribution in [0.2, 0.25) is 0 Å². The zero-order valence-corrected chi connectivity index (χ0v) is 27.9. The van der Waals surface area contributed by atoms with E-state index >= 15 is 0 Å². The second-order valence-corrected chi connectivity index (χ2v) is 15.0. The third-order valence-corrected chi connectivity index (χ3v) is 11.7. The van der Waals surface area contributed by atoms with Crippen molar-refractivity contribution in [2.24, 2.45) is 0 Å². The third-order valence-electron chi connectivity index (χ3n) is 8.12. The Kier molecular flexibility index (Phi) is 10.0. The molecule has 234 valence electrons. The first kappa shape index (κ1) is 31.5. The van der Waals surface area contributed by atoms with Crippen LogP contribution in [0.25, 0.3) is 0 Å². The van der Waals surface area contributed by atoms with E-state index in [1.165, 1.54) is 34.4 Å². The first-order valence-corrected chi connectivity index (χ1v) is 18.1. The van der Waals surface area contributed by atoms with Crippen molar-refractivity contribution in [2.75, 3.05) is 22.1 Å². The molecule has 2 aromatic carbocycles. The van der Waals surface area contributed by atoms with Gasteiger partial charge in [0, 0.05) is 20.4 Å². The van der Waals surface area contributed by atoms with Gasteiger partial charge in [0.2, 0.25) is 5.91 Å². The highest BCUT2D eigenvalue weighted by Crippen LogP contribution is 2.44. The fraction of sp³-hybridized carbons (Fsp3) is 0.343. The quantitative estimate of drug-likeness (QED) is 0.195. The normalized spacial score (nSPS) is 19.3. The van der Waals surface area contributed by atoms with Gasteiger partial charge in [-0.2, -0.15) is 0 Å². The number of amides is 3. The summed E-state index contributed by atoms with van der Waals surface area (Å²) in [7, 11) is 0. The number of fused-ring (bicyclic) bond motifs is 3. The van der Waals surface area contributed by atoms with Crippen molar-refractivity contribution >= 4 is 69.1 Å². The van der Waals surface area contributed by atoms with Crippen LogP contribution in [0.5, 0.6) is 0 Å². The fourth-order valence-electron chi connectivity index (χ4n) is 5.95. The number of carbonyl (C=O) groups excluding carboxylic acids is 3. The second kappa shape index (κ2) is 14.3. The van der Waals surface area contributed by atoms with Gasteiger partial charge < -0.3 is 15.4 Å².